The van der Waals surface area contributed by atoms with Crippen LogP contribution in [0, 0.1) is 0 Å². The molecule has 0 amide bonds. The lowest BCUT2D eigenvalue weighted by Gasteiger charge is -2.14. The number of halogens is 1. The second-order valence-corrected chi connectivity index (χ2v) is 4.80. The molecule has 1 atom stereocenters. The molecule has 0 aliphatic heterocycles. The van der Waals surface area contributed by atoms with E-state index in [0.717, 1.165) is 18.0 Å². The molecule has 1 aromatic rings. The highest BCUT2D eigenvalue weighted by molar-refractivity contribution is 6.30. The van der Waals surface area contributed by atoms with Crippen LogP contribution in [0.15, 0.2) is 36.9 Å². The normalized spacial score (nSPS) is 12.4. The maximum Gasteiger partial charge on any atom is 0.0406 e. The van der Waals surface area contributed by atoms with Crippen molar-refractivity contribution in [2.75, 3.05) is 6.54 Å². The lowest BCUT2D eigenvalue weighted by Crippen LogP contribution is -2.19. The minimum atomic E-state index is 0.395. The van der Waals surface area contributed by atoms with Crippen LogP contribution in [-0.2, 0) is 0 Å². The van der Waals surface area contributed by atoms with Gasteiger partial charge in [0.15, 0.2) is 0 Å². The lowest BCUT2D eigenvalue weighted by molar-refractivity contribution is 0.539. The number of benzene rings is 1. The number of unbranched alkanes of at least 4 members (excludes halogenated alkanes) is 3. The van der Waals surface area contributed by atoms with E-state index in [9.17, 15) is 0 Å². The van der Waals surface area contributed by atoms with E-state index in [0.29, 0.717) is 6.04 Å². The fourth-order valence-corrected chi connectivity index (χ4v) is 1.90. The Hall–Kier alpha value is -0.790. The van der Waals surface area contributed by atoms with Gasteiger partial charge < -0.3 is 5.32 Å². The van der Waals surface area contributed by atoms with Crippen LogP contribution in [0.1, 0.15) is 44.2 Å². The van der Waals surface area contributed by atoms with E-state index in [1.165, 1.54) is 24.8 Å². The maximum absolute atomic E-state index is 5.86. The molecule has 94 valence electrons. The van der Waals surface area contributed by atoms with Crippen LogP contribution in [0.5, 0.6) is 0 Å². The fraction of sp³-hybridized carbons (Fsp3) is 0.467. The van der Waals surface area contributed by atoms with Crippen LogP contribution in [0.4, 0.5) is 0 Å². The Morgan fingerprint density at radius 3 is 2.59 bits per heavy atom. The molecule has 0 aliphatic rings. The Balaban J connectivity index is 2.18. The van der Waals surface area contributed by atoms with Gasteiger partial charge in [0.2, 0.25) is 0 Å². The van der Waals surface area contributed by atoms with Crippen LogP contribution in [0.2, 0.25) is 5.02 Å². The van der Waals surface area contributed by atoms with E-state index >= 15 is 0 Å². The molecule has 0 saturated heterocycles. The minimum Gasteiger partial charge on any atom is -0.310 e. The Bertz CT molecular complexity index is 318. The Labute approximate surface area is 110 Å². The molecule has 0 aliphatic carbocycles. The van der Waals surface area contributed by atoms with Gasteiger partial charge in [-0.15, -0.1) is 6.58 Å². The molecule has 0 heterocycles. The predicted molar refractivity (Wildman–Crippen MR) is 76.5 cm³/mol. The molecule has 0 radical (unpaired) electrons. The van der Waals surface area contributed by atoms with Gasteiger partial charge in [-0.05, 0) is 50.4 Å². The van der Waals surface area contributed by atoms with Crippen molar-refractivity contribution in [1.82, 2.24) is 5.32 Å². The van der Waals surface area contributed by atoms with Crippen molar-refractivity contribution in [3.8, 4) is 0 Å². The minimum absolute atomic E-state index is 0.395. The Kier molecular flexibility index (Phi) is 6.99. The van der Waals surface area contributed by atoms with Crippen LogP contribution in [0.25, 0.3) is 0 Å². The summed E-state index contributed by atoms with van der Waals surface area (Å²) in [6, 6.07) is 8.44. The molecule has 0 spiro atoms. The average molecular weight is 252 g/mol. The molecular weight excluding hydrogens is 230 g/mol. The quantitative estimate of drug-likeness (QED) is 0.520. The van der Waals surface area contributed by atoms with Crippen LogP contribution >= 0.6 is 11.6 Å². The standard InChI is InChI=1S/C15H22ClN/c1-3-4-5-6-7-12-17-13(2)14-8-10-15(16)11-9-14/h3,8-11,13,17H,1,4-7,12H2,2H3/t13-/m0/s1. The van der Waals surface area contributed by atoms with Crippen molar-refractivity contribution in [2.24, 2.45) is 0 Å². The van der Waals surface area contributed by atoms with Crippen LogP contribution in [-0.4, -0.2) is 6.54 Å². The van der Waals surface area contributed by atoms with Crippen molar-refractivity contribution in [2.45, 2.75) is 38.6 Å². The van der Waals surface area contributed by atoms with E-state index in [2.05, 4.69) is 31.0 Å². The summed E-state index contributed by atoms with van der Waals surface area (Å²) in [5.41, 5.74) is 1.29. The number of hydrogen-bond donors (Lipinski definition) is 1. The third kappa shape index (κ3) is 5.90. The monoisotopic (exact) mass is 251 g/mol. The van der Waals surface area contributed by atoms with E-state index in [1.807, 2.05) is 18.2 Å². The summed E-state index contributed by atoms with van der Waals surface area (Å²) in [4.78, 5) is 0. The fourth-order valence-electron chi connectivity index (χ4n) is 1.78. The molecule has 0 bridgehead atoms. The number of allylic oxidation sites excluding steroid dienone is 1. The van der Waals surface area contributed by atoms with Gasteiger partial charge in [-0.25, -0.2) is 0 Å². The smallest absolute Gasteiger partial charge is 0.0406 e. The zero-order valence-corrected chi connectivity index (χ0v) is 11.3. The van der Waals surface area contributed by atoms with Crippen LogP contribution < -0.4 is 5.32 Å². The summed E-state index contributed by atoms with van der Waals surface area (Å²) in [5, 5.41) is 4.32. The third-order valence-corrected chi connectivity index (χ3v) is 3.16. The van der Waals surface area contributed by atoms with E-state index in [4.69, 9.17) is 11.6 Å². The van der Waals surface area contributed by atoms with Crippen LogP contribution in [0.3, 0.4) is 0 Å². The molecule has 17 heavy (non-hydrogen) atoms. The summed E-state index contributed by atoms with van der Waals surface area (Å²) >= 11 is 5.86. The number of hydrogen-bond acceptors (Lipinski definition) is 1. The van der Waals surface area contributed by atoms with E-state index in [1.54, 1.807) is 0 Å². The van der Waals surface area contributed by atoms with E-state index in [-0.39, 0.29) is 0 Å². The molecule has 0 aromatic heterocycles. The zero-order chi connectivity index (χ0) is 12.5. The molecule has 0 fully saturated rings. The predicted octanol–water partition coefficient (Wildman–Crippen LogP) is 4.74. The first kappa shape index (κ1) is 14.3. The van der Waals surface area contributed by atoms with Gasteiger partial charge in [-0.2, -0.15) is 0 Å². The van der Waals surface area contributed by atoms with Gasteiger partial charge in [0.25, 0.3) is 0 Å². The van der Waals surface area contributed by atoms with Crippen molar-refractivity contribution in [1.29, 1.82) is 0 Å². The van der Waals surface area contributed by atoms with Crippen molar-refractivity contribution >= 4 is 11.6 Å². The third-order valence-electron chi connectivity index (χ3n) is 2.91. The molecular formula is C15H22ClN. The zero-order valence-electron chi connectivity index (χ0n) is 10.6. The highest BCUT2D eigenvalue weighted by atomic mass is 35.5. The summed E-state index contributed by atoms with van der Waals surface area (Å²) in [5.74, 6) is 0. The highest BCUT2D eigenvalue weighted by Crippen LogP contribution is 2.15. The highest BCUT2D eigenvalue weighted by Gasteiger charge is 2.03. The first-order valence-electron chi connectivity index (χ1n) is 6.34. The molecule has 1 rings (SSSR count). The molecule has 0 unspecified atom stereocenters. The van der Waals surface area contributed by atoms with Gasteiger partial charge >= 0.3 is 0 Å². The largest absolute Gasteiger partial charge is 0.310 e. The molecule has 0 saturated carbocycles. The first-order chi connectivity index (χ1) is 8.24. The lowest BCUT2D eigenvalue weighted by atomic mass is 10.1. The maximum atomic E-state index is 5.86. The summed E-state index contributed by atoms with van der Waals surface area (Å²) in [6.07, 6.45) is 6.87. The van der Waals surface area contributed by atoms with Gasteiger partial charge in [0.05, 0.1) is 0 Å². The van der Waals surface area contributed by atoms with Gasteiger partial charge in [0.1, 0.15) is 0 Å². The first-order valence-corrected chi connectivity index (χ1v) is 6.71. The summed E-state index contributed by atoms with van der Waals surface area (Å²) in [6.45, 7) is 6.98. The van der Waals surface area contributed by atoms with Crippen molar-refractivity contribution in [3.63, 3.8) is 0 Å². The average Bonchev–Trinajstić information content (AvgIpc) is 2.34. The molecule has 1 nitrogen and oxygen atoms in total. The van der Waals surface area contributed by atoms with Gasteiger partial charge in [-0.3, -0.25) is 0 Å². The SMILES string of the molecule is C=CCCCCCN[C@@H](C)c1ccc(Cl)cc1. The second kappa shape index (κ2) is 8.32. The molecule has 1 N–H and O–H groups in total. The number of rotatable bonds is 8. The molecule has 1 aromatic carbocycles. The number of nitrogens with one attached hydrogen (secondary N) is 1. The van der Waals surface area contributed by atoms with Gasteiger partial charge in [-0.1, -0.05) is 36.2 Å². The summed E-state index contributed by atoms with van der Waals surface area (Å²) < 4.78 is 0. The topological polar surface area (TPSA) is 12.0 Å². The van der Waals surface area contributed by atoms with Crippen molar-refractivity contribution < 1.29 is 0 Å². The van der Waals surface area contributed by atoms with Crippen molar-refractivity contribution in [3.05, 3.63) is 47.5 Å². The Morgan fingerprint density at radius 2 is 1.94 bits per heavy atom. The summed E-state index contributed by atoms with van der Waals surface area (Å²) in [7, 11) is 0. The second-order valence-electron chi connectivity index (χ2n) is 4.37. The van der Waals surface area contributed by atoms with Gasteiger partial charge in [0, 0.05) is 11.1 Å². The van der Waals surface area contributed by atoms with E-state index < -0.39 is 0 Å². The molecule has 2 heteroatoms. The Morgan fingerprint density at radius 1 is 1.24 bits per heavy atom.